The summed E-state index contributed by atoms with van der Waals surface area (Å²) < 4.78 is 17.6. The fraction of sp³-hybridized carbons (Fsp3) is 0.625. The molecule has 1 aliphatic carbocycles. The Morgan fingerprint density at radius 2 is 2.21 bits per heavy atom. The second-order valence-electron chi connectivity index (χ2n) is 2.97. The van der Waals surface area contributed by atoms with Crippen LogP contribution < -0.4 is 0 Å². The number of ether oxygens (including phenoxy) is 1. The van der Waals surface area contributed by atoms with Crippen molar-refractivity contribution in [2.75, 3.05) is 6.61 Å². The monoisotopic (exact) mass is 203 g/mol. The summed E-state index contributed by atoms with van der Waals surface area (Å²) in [5.74, 6) is -2.00. The molecule has 0 unspecified atom stereocenters. The summed E-state index contributed by atoms with van der Waals surface area (Å²) in [6.07, 6.45) is 0.189. The predicted octanol–water partition coefficient (Wildman–Crippen LogP) is 1.59. The first-order valence-corrected chi connectivity index (χ1v) is 4.18. The van der Waals surface area contributed by atoms with Crippen LogP contribution in [0.15, 0.2) is 16.6 Å². The van der Waals surface area contributed by atoms with Crippen molar-refractivity contribution in [3.05, 3.63) is 16.4 Å². The van der Waals surface area contributed by atoms with Crippen LogP contribution in [0.4, 0.5) is 4.39 Å². The van der Waals surface area contributed by atoms with E-state index in [1.165, 1.54) is 6.92 Å². The van der Waals surface area contributed by atoms with Crippen LogP contribution in [0.2, 0.25) is 0 Å². The molecule has 0 radical (unpaired) electrons. The van der Waals surface area contributed by atoms with Gasteiger partial charge in [-0.2, -0.15) is 0 Å². The maximum atomic E-state index is 13.2. The summed E-state index contributed by atoms with van der Waals surface area (Å²) in [6, 6.07) is 0. The molecule has 0 saturated heterocycles. The molecule has 78 valence electrons. The van der Waals surface area contributed by atoms with Gasteiger partial charge in [-0.05, 0) is 24.9 Å². The van der Waals surface area contributed by atoms with Crippen molar-refractivity contribution in [2.45, 2.75) is 25.4 Å². The first-order chi connectivity index (χ1) is 6.55. The van der Waals surface area contributed by atoms with Gasteiger partial charge < -0.3 is 9.84 Å². The lowest BCUT2D eigenvalue weighted by Gasteiger charge is -2.05. The highest BCUT2D eigenvalue weighted by molar-refractivity contribution is 5.89. The van der Waals surface area contributed by atoms with Crippen LogP contribution in [0, 0.1) is 4.91 Å². The number of rotatable bonds is 4. The van der Waals surface area contributed by atoms with Crippen LogP contribution >= 0.6 is 0 Å². The van der Waals surface area contributed by atoms with Gasteiger partial charge in [-0.25, -0.2) is 9.18 Å². The Morgan fingerprint density at radius 3 is 2.57 bits per heavy atom. The van der Waals surface area contributed by atoms with E-state index in [4.69, 9.17) is 0 Å². The Kier molecular flexibility index (Phi) is 2.83. The summed E-state index contributed by atoms with van der Waals surface area (Å²) in [7, 11) is 0. The highest BCUT2D eigenvalue weighted by Crippen LogP contribution is 2.46. The number of allylic oxidation sites excluding steroid dienone is 1. The van der Waals surface area contributed by atoms with E-state index in [0.717, 1.165) is 0 Å². The number of nitroso groups, excluding NO2 is 1. The van der Waals surface area contributed by atoms with Crippen molar-refractivity contribution in [2.24, 2.45) is 5.18 Å². The largest absolute Gasteiger partial charge is 0.506 e. The fourth-order valence-electron chi connectivity index (χ4n) is 0.935. The van der Waals surface area contributed by atoms with Crippen LogP contribution in [-0.2, 0) is 9.53 Å². The molecule has 0 heterocycles. The van der Waals surface area contributed by atoms with E-state index in [9.17, 15) is 19.2 Å². The molecule has 0 aromatic carbocycles. The first kappa shape index (κ1) is 10.6. The quantitative estimate of drug-likeness (QED) is 0.326. The van der Waals surface area contributed by atoms with Crippen LogP contribution in [0.25, 0.3) is 0 Å². The van der Waals surface area contributed by atoms with Crippen molar-refractivity contribution in [3.63, 3.8) is 0 Å². The van der Waals surface area contributed by atoms with Crippen LogP contribution in [-0.4, -0.2) is 23.4 Å². The Bertz CT molecular complexity index is 296. The normalized spacial score (nSPS) is 19.6. The number of alkyl halides is 1. The highest BCUT2D eigenvalue weighted by atomic mass is 19.1. The van der Waals surface area contributed by atoms with Gasteiger partial charge in [0, 0.05) is 0 Å². The minimum Gasteiger partial charge on any atom is -0.506 e. The molecular weight excluding hydrogens is 193 g/mol. The molecule has 14 heavy (non-hydrogen) atoms. The Balaban J connectivity index is 2.88. The molecule has 5 nitrogen and oxygen atoms in total. The van der Waals surface area contributed by atoms with Crippen molar-refractivity contribution < 1.29 is 19.0 Å². The third kappa shape index (κ3) is 1.89. The third-order valence-electron chi connectivity index (χ3n) is 1.90. The molecule has 1 N–H and O–H groups in total. The summed E-state index contributed by atoms with van der Waals surface area (Å²) in [5.41, 5.74) is -2.82. The molecule has 0 atom stereocenters. The van der Waals surface area contributed by atoms with Gasteiger partial charge in [-0.15, -0.1) is 4.91 Å². The van der Waals surface area contributed by atoms with E-state index in [-0.39, 0.29) is 19.4 Å². The van der Waals surface area contributed by atoms with E-state index in [1.54, 1.807) is 0 Å². The molecule has 1 aliphatic rings. The molecule has 0 spiro atoms. The maximum absolute atomic E-state index is 13.2. The lowest BCUT2D eigenvalue weighted by atomic mass is 10.2. The minimum absolute atomic E-state index is 0.0322. The second kappa shape index (κ2) is 3.73. The molecule has 0 aliphatic heterocycles. The number of halogens is 1. The van der Waals surface area contributed by atoms with Crippen molar-refractivity contribution in [3.8, 4) is 0 Å². The van der Waals surface area contributed by atoms with E-state index in [1.807, 2.05) is 0 Å². The van der Waals surface area contributed by atoms with Gasteiger partial charge in [-0.1, -0.05) is 0 Å². The molecular formula is C8H10FNO4. The lowest BCUT2D eigenvalue weighted by Crippen LogP contribution is -2.14. The molecule has 0 aromatic heterocycles. The number of aliphatic hydroxyl groups excluding tert-OH is 1. The van der Waals surface area contributed by atoms with Crippen molar-refractivity contribution in [1.29, 1.82) is 0 Å². The zero-order valence-corrected chi connectivity index (χ0v) is 7.62. The zero-order valence-electron chi connectivity index (χ0n) is 7.62. The van der Waals surface area contributed by atoms with Gasteiger partial charge in [0.25, 0.3) is 0 Å². The topological polar surface area (TPSA) is 76.0 Å². The molecule has 0 bridgehead atoms. The predicted molar refractivity (Wildman–Crippen MR) is 45.2 cm³/mol. The summed E-state index contributed by atoms with van der Waals surface area (Å²) >= 11 is 0. The highest BCUT2D eigenvalue weighted by Gasteiger charge is 2.50. The van der Waals surface area contributed by atoms with Gasteiger partial charge in [-0.3, -0.25) is 0 Å². The summed E-state index contributed by atoms with van der Waals surface area (Å²) in [4.78, 5) is 21.2. The van der Waals surface area contributed by atoms with Crippen LogP contribution in [0.1, 0.15) is 19.8 Å². The number of hydrogen-bond donors (Lipinski definition) is 1. The minimum atomic E-state index is -1.95. The number of aliphatic hydroxyl groups is 1. The maximum Gasteiger partial charge on any atom is 0.364 e. The Hall–Kier alpha value is -1.46. The standard InChI is InChI=1S/C8H10FNO4/c1-2-14-7(12)5(10-13)6(11)8(9)3-4-8/h11H,2-4H2,1H3/b6-5-. The number of hydrogen-bond acceptors (Lipinski definition) is 5. The molecule has 1 fully saturated rings. The molecule has 6 heteroatoms. The Morgan fingerprint density at radius 1 is 1.64 bits per heavy atom. The summed E-state index contributed by atoms with van der Waals surface area (Å²) in [5, 5.41) is 11.5. The zero-order chi connectivity index (χ0) is 10.8. The van der Waals surface area contributed by atoms with Gasteiger partial charge in [0.05, 0.1) is 6.61 Å². The SMILES string of the molecule is CCOC(=O)/C(N=O)=C(/O)C1(F)CC1. The number of carbonyl (C=O) groups excluding carboxylic acids is 1. The van der Waals surface area contributed by atoms with E-state index < -0.39 is 23.1 Å². The van der Waals surface area contributed by atoms with E-state index in [0.29, 0.717) is 0 Å². The number of esters is 1. The van der Waals surface area contributed by atoms with E-state index >= 15 is 0 Å². The molecule has 1 rings (SSSR count). The third-order valence-corrected chi connectivity index (χ3v) is 1.90. The molecule has 1 saturated carbocycles. The number of nitrogens with zero attached hydrogens (tertiary/aromatic N) is 1. The van der Waals surface area contributed by atoms with Crippen LogP contribution in [0.5, 0.6) is 0 Å². The average Bonchev–Trinajstić information content (AvgIpc) is 2.86. The molecule has 0 amide bonds. The van der Waals surface area contributed by atoms with Gasteiger partial charge in [0.1, 0.15) is 0 Å². The van der Waals surface area contributed by atoms with E-state index in [2.05, 4.69) is 9.91 Å². The van der Waals surface area contributed by atoms with Crippen molar-refractivity contribution in [1.82, 2.24) is 0 Å². The molecule has 0 aromatic rings. The van der Waals surface area contributed by atoms with Crippen molar-refractivity contribution >= 4 is 5.97 Å². The average molecular weight is 203 g/mol. The smallest absolute Gasteiger partial charge is 0.364 e. The summed E-state index contributed by atoms with van der Waals surface area (Å²) in [6.45, 7) is 1.56. The fourth-order valence-corrected chi connectivity index (χ4v) is 0.935. The Labute approximate surface area is 79.5 Å². The number of carbonyl (C=O) groups is 1. The lowest BCUT2D eigenvalue weighted by molar-refractivity contribution is -0.138. The van der Waals surface area contributed by atoms with Gasteiger partial charge >= 0.3 is 5.97 Å². The first-order valence-electron chi connectivity index (χ1n) is 4.18. The van der Waals surface area contributed by atoms with Gasteiger partial charge in [0.2, 0.25) is 5.70 Å². The second-order valence-corrected chi connectivity index (χ2v) is 2.97. The van der Waals surface area contributed by atoms with Crippen LogP contribution in [0.3, 0.4) is 0 Å². The van der Waals surface area contributed by atoms with Gasteiger partial charge in [0.15, 0.2) is 11.4 Å².